The predicted molar refractivity (Wildman–Crippen MR) is 126 cm³/mol. The lowest BCUT2D eigenvalue weighted by Crippen LogP contribution is -2.49. The van der Waals surface area contributed by atoms with E-state index in [1.165, 1.54) is 7.11 Å². The van der Waals surface area contributed by atoms with E-state index >= 15 is 0 Å². The van der Waals surface area contributed by atoms with Crippen LogP contribution in [0.5, 0.6) is 0 Å². The maximum atomic E-state index is 12.6. The van der Waals surface area contributed by atoms with Crippen LogP contribution in [-0.4, -0.2) is 41.8 Å². The second-order valence-corrected chi connectivity index (χ2v) is 8.64. The molecule has 8 nitrogen and oxygen atoms in total. The normalized spacial score (nSPS) is 12.9. The van der Waals surface area contributed by atoms with Crippen LogP contribution in [0.4, 0.5) is 10.5 Å². The minimum atomic E-state index is -0.768. The average molecular weight is 449 g/mol. The number of fused-ring (bicyclic) bond motifs is 1. The maximum Gasteiger partial charge on any atom is 0.407 e. The number of hydrogen-bond acceptors (Lipinski definition) is 6. The Kier molecular flexibility index (Phi) is 7.23. The number of ether oxygens (including phenoxy) is 2. The van der Waals surface area contributed by atoms with Crippen molar-refractivity contribution in [2.75, 3.05) is 12.4 Å². The summed E-state index contributed by atoms with van der Waals surface area (Å²) in [6, 6.07) is 15.3. The van der Waals surface area contributed by atoms with Crippen molar-refractivity contribution < 1.29 is 19.1 Å². The summed E-state index contributed by atoms with van der Waals surface area (Å²) in [5.74, 6) is -0.442. The smallest absolute Gasteiger partial charge is 0.407 e. The van der Waals surface area contributed by atoms with E-state index in [4.69, 9.17) is 9.47 Å². The molecule has 3 N–H and O–H groups in total. The summed E-state index contributed by atoms with van der Waals surface area (Å²) < 4.78 is 10.1. The molecule has 1 unspecified atom stereocenters. The first-order valence-electron chi connectivity index (χ1n) is 10.6. The number of alkyl carbamates (subject to hydrolysis) is 1. The molecule has 33 heavy (non-hydrogen) atoms. The zero-order valence-electron chi connectivity index (χ0n) is 19.1. The van der Waals surface area contributed by atoms with E-state index in [1.54, 1.807) is 45.0 Å². The highest BCUT2D eigenvalue weighted by molar-refractivity contribution is 5.89. The summed E-state index contributed by atoms with van der Waals surface area (Å²) in [6.45, 7) is 5.35. The molecule has 0 saturated carbocycles. The lowest BCUT2D eigenvalue weighted by molar-refractivity contribution is 0.0501. The standard InChI is InChI=1S/C25H28N4O4/c1-25(2,3)33-24(31)29-21(13-17-15-27-20-8-6-5-7-19(17)20)22(14-26)28-18-11-9-16(10-12-18)23(30)32-4/h5-12,15,21-22,27-28H,13H2,1-4H3,(H,29,31)/t21-,22?/m0/s1. The number of aromatic nitrogens is 1. The molecule has 0 spiro atoms. The molecule has 0 saturated heterocycles. The Balaban J connectivity index is 1.84. The van der Waals surface area contributed by atoms with Crippen molar-refractivity contribution in [3.05, 3.63) is 65.9 Å². The highest BCUT2D eigenvalue weighted by atomic mass is 16.6. The van der Waals surface area contributed by atoms with Gasteiger partial charge in [-0.3, -0.25) is 0 Å². The molecule has 3 rings (SSSR count). The molecule has 8 heteroatoms. The third-order valence-electron chi connectivity index (χ3n) is 4.99. The van der Waals surface area contributed by atoms with Gasteiger partial charge in [0.15, 0.2) is 0 Å². The molecular formula is C25H28N4O4. The first-order valence-corrected chi connectivity index (χ1v) is 10.6. The molecule has 0 radical (unpaired) electrons. The van der Waals surface area contributed by atoms with Gasteiger partial charge in [-0.05, 0) is 63.1 Å². The summed E-state index contributed by atoms with van der Waals surface area (Å²) in [7, 11) is 1.32. The molecule has 1 amide bonds. The second kappa shape index (κ2) is 10.1. The largest absolute Gasteiger partial charge is 0.465 e. The second-order valence-electron chi connectivity index (χ2n) is 8.64. The summed E-state index contributed by atoms with van der Waals surface area (Å²) in [6.07, 6.45) is 1.68. The summed E-state index contributed by atoms with van der Waals surface area (Å²) >= 11 is 0. The Morgan fingerprint density at radius 1 is 1.12 bits per heavy atom. The maximum absolute atomic E-state index is 12.6. The SMILES string of the molecule is COC(=O)c1ccc(NC(C#N)[C@H](Cc2c[nH]c3ccccc23)NC(=O)OC(C)(C)C)cc1. The number of carbonyl (C=O) groups excluding carboxylic acids is 2. The molecule has 0 aliphatic rings. The van der Waals surface area contributed by atoms with Gasteiger partial charge >= 0.3 is 12.1 Å². The molecule has 2 atom stereocenters. The topological polar surface area (TPSA) is 116 Å². The monoisotopic (exact) mass is 448 g/mol. The van der Waals surface area contributed by atoms with Gasteiger partial charge in [0.25, 0.3) is 0 Å². The van der Waals surface area contributed by atoms with Crippen molar-refractivity contribution >= 4 is 28.7 Å². The fraction of sp³-hybridized carbons (Fsp3) is 0.320. The van der Waals surface area contributed by atoms with Crippen LogP contribution in [0.2, 0.25) is 0 Å². The molecule has 0 aliphatic heterocycles. The summed E-state index contributed by atoms with van der Waals surface area (Å²) in [5, 5.41) is 17.0. The van der Waals surface area contributed by atoms with E-state index < -0.39 is 29.7 Å². The number of benzene rings is 2. The number of para-hydroxylation sites is 1. The van der Waals surface area contributed by atoms with Gasteiger partial charge < -0.3 is 25.1 Å². The number of rotatable bonds is 7. The third-order valence-corrected chi connectivity index (χ3v) is 4.99. The lowest BCUT2D eigenvalue weighted by Gasteiger charge is -2.27. The molecule has 1 heterocycles. The number of amides is 1. The predicted octanol–water partition coefficient (Wildman–Crippen LogP) is 4.39. The Bertz CT molecular complexity index is 1160. The highest BCUT2D eigenvalue weighted by Gasteiger charge is 2.27. The van der Waals surface area contributed by atoms with Crippen LogP contribution >= 0.6 is 0 Å². The molecule has 2 aromatic carbocycles. The fourth-order valence-electron chi connectivity index (χ4n) is 3.47. The van der Waals surface area contributed by atoms with Crippen LogP contribution in [-0.2, 0) is 15.9 Å². The molecule has 3 aromatic rings. The minimum absolute atomic E-state index is 0.398. The number of nitriles is 1. The van der Waals surface area contributed by atoms with E-state index in [0.717, 1.165) is 16.5 Å². The number of anilines is 1. The van der Waals surface area contributed by atoms with Crippen LogP contribution in [0.15, 0.2) is 54.7 Å². The Hall–Kier alpha value is -3.99. The zero-order chi connectivity index (χ0) is 24.0. The Morgan fingerprint density at radius 2 is 1.82 bits per heavy atom. The van der Waals surface area contributed by atoms with Crippen LogP contribution < -0.4 is 10.6 Å². The van der Waals surface area contributed by atoms with Crippen LogP contribution in [0, 0.1) is 11.3 Å². The van der Waals surface area contributed by atoms with E-state index in [2.05, 4.69) is 21.7 Å². The summed E-state index contributed by atoms with van der Waals surface area (Å²) in [5.41, 5.74) is 2.30. The molecule has 0 aliphatic carbocycles. The van der Waals surface area contributed by atoms with Crippen LogP contribution in [0.1, 0.15) is 36.7 Å². The van der Waals surface area contributed by atoms with Crippen molar-refractivity contribution in [3.63, 3.8) is 0 Å². The number of carbonyl (C=O) groups is 2. The fourth-order valence-corrected chi connectivity index (χ4v) is 3.47. The molecule has 0 bridgehead atoms. The first kappa shape index (κ1) is 23.7. The van der Waals surface area contributed by atoms with Gasteiger partial charge in [0, 0.05) is 22.8 Å². The molecule has 172 valence electrons. The number of nitrogens with one attached hydrogen (secondary N) is 3. The van der Waals surface area contributed by atoms with E-state index in [-0.39, 0.29) is 0 Å². The van der Waals surface area contributed by atoms with E-state index in [0.29, 0.717) is 17.7 Å². The van der Waals surface area contributed by atoms with Crippen molar-refractivity contribution in [2.45, 2.75) is 44.9 Å². The number of aromatic amines is 1. The summed E-state index contributed by atoms with van der Waals surface area (Å²) in [4.78, 5) is 27.5. The van der Waals surface area contributed by atoms with Gasteiger partial charge in [-0.1, -0.05) is 18.2 Å². The van der Waals surface area contributed by atoms with Crippen LogP contribution in [0.3, 0.4) is 0 Å². The highest BCUT2D eigenvalue weighted by Crippen LogP contribution is 2.21. The third kappa shape index (κ3) is 6.26. The lowest BCUT2D eigenvalue weighted by atomic mass is 9.99. The average Bonchev–Trinajstić information content (AvgIpc) is 3.18. The first-order chi connectivity index (χ1) is 15.7. The number of methoxy groups -OCH3 is 1. The zero-order valence-corrected chi connectivity index (χ0v) is 19.1. The Labute approximate surface area is 192 Å². The van der Waals surface area contributed by atoms with Gasteiger partial charge in [-0.2, -0.15) is 5.26 Å². The van der Waals surface area contributed by atoms with Gasteiger partial charge in [-0.25, -0.2) is 9.59 Å². The Morgan fingerprint density at radius 3 is 2.45 bits per heavy atom. The van der Waals surface area contributed by atoms with Crippen LogP contribution in [0.25, 0.3) is 10.9 Å². The number of H-pyrrole nitrogens is 1. The number of nitrogens with zero attached hydrogens (tertiary/aromatic N) is 1. The van der Waals surface area contributed by atoms with E-state index in [1.807, 2.05) is 30.5 Å². The number of hydrogen-bond donors (Lipinski definition) is 3. The van der Waals surface area contributed by atoms with Crippen molar-refractivity contribution in [3.8, 4) is 6.07 Å². The number of esters is 1. The van der Waals surface area contributed by atoms with Crippen molar-refractivity contribution in [1.82, 2.24) is 10.3 Å². The van der Waals surface area contributed by atoms with Gasteiger partial charge in [0.2, 0.25) is 0 Å². The molecule has 0 fully saturated rings. The van der Waals surface area contributed by atoms with Gasteiger partial charge in [0.1, 0.15) is 11.6 Å². The quantitative estimate of drug-likeness (QED) is 0.462. The van der Waals surface area contributed by atoms with E-state index in [9.17, 15) is 14.9 Å². The minimum Gasteiger partial charge on any atom is -0.465 e. The van der Waals surface area contributed by atoms with Crippen molar-refractivity contribution in [2.24, 2.45) is 0 Å². The molecule has 1 aromatic heterocycles. The van der Waals surface area contributed by atoms with Crippen molar-refractivity contribution in [1.29, 1.82) is 5.26 Å². The van der Waals surface area contributed by atoms with Gasteiger partial charge in [0.05, 0.1) is 24.8 Å². The molecular weight excluding hydrogens is 420 g/mol. The van der Waals surface area contributed by atoms with Gasteiger partial charge in [-0.15, -0.1) is 0 Å².